The van der Waals surface area contributed by atoms with Crippen LogP contribution in [-0.2, 0) is 4.79 Å². The number of hydrogen-bond acceptors (Lipinski definition) is 2. The summed E-state index contributed by atoms with van der Waals surface area (Å²) in [6, 6.07) is 0. The second-order valence-electron chi connectivity index (χ2n) is 3.23. The predicted molar refractivity (Wildman–Crippen MR) is 50.3 cm³/mol. The van der Waals surface area contributed by atoms with E-state index >= 15 is 0 Å². The summed E-state index contributed by atoms with van der Waals surface area (Å²) in [7, 11) is 1.93. The summed E-state index contributed by atoms with van der Waals surface area (Å²) in [4.78, 5) is 12.9. The maximum absolute atomic E-state index is 10.9. The Morgan fingerprint density at radius 2 is 2.25 bits per heavy atom. The second kappa shape index (κ2) is 3.61. The highest BCUT2D eigenvalue weighted by Gasteiger charge is 2.34. The molecule has 0 aromatic carbocycles. The van der Waals surface area contributed by atoms with Gasteiger partial charge in [0.25, 0.3) is 0 Å². The molecule has 70 valence electrons. The first-order chi connectivity index (χ1) is 5.04. The molecule has 2 unspecified atom stereocenters. The van der Waals surface area contributed by atoms with Crippen LogP contribution in [0.25, 0.3) is 0 Å². The number of hydrogen-bond donors (Lipinski definition) is 1. The number of primary amides is 1. The van der Waals surface area contributed by atoms with Crippen LogP contribution in [0.1, 0.15) is 14.4 Å². The van der Waals surface area contributed by atoms with Gasteiger partial charge in [-0.1, -0.05) is 20.9 Å². The van der Waals surface area contributed by atoms with Crippen LogP contribution in [0.15, 0.2) is 12.3 Å². The summed E-state index contributed by atoms with van der Waals surface area (Å²) in [5.74, 6) is -0.100. The van der Waals surface area contributed by atoms with Gasteiger partial charge in [-0.05, 0) is 5.92 Å². The summed E-state index contributed by atoms with van der Waals surface area (Å²) in [6.45, 7) is 6.71. The lowest BCUT2D eigenvalue weighted by molar-refractivity contribution is -0.121. The molecular weight excluding hydrogens is 152 g/mol. The summed E-state index contributed by atoms with van der Waals surface area (Å²) >= 11 is 0. The number of amides is 1. The van der Waals surface area contributed by atoms with E-state index in [-0.39, 0.29) is 19.3 Å². The molecule has 1 aliphatic heterocycles. The van der Waals surface area contributed by atoms with Crippen LogP contribution < -0.4 is 5.73 Å². The Morgan fingerprint density at radius 3 is 2.42 bits per heavy atom. The van der Waals surface area contributed by atoms with E-state index in [1.165, 1.54) is 0 Å². The molecule has 1 rings (SSSR count). The van der Waals surface area contributed by atoms with Gasteiger partial charge in [0.1, 0.15) is 0 Å². The monoisotopic (exact) mass is 170 g/mol. The van der Waals surface area contributed by atoms with E-state index in [0.29, 0.717) is 5.92 Å². The van der Waals surface area contributed by atoms with Crippen LogP contribution >= 0.6 is 0 Å². The minimum Gasteiger partial charge on any atom is -0.377 e. The normalized spacial score (nSPS) is 28.5. The molecule has 3 heteroatoms. The molecule has 1 saturated heterocycles. The molecule has 1 heterocycles. The van der Waals surface area contributed by atoms with Crippen LogP contribution in [0.4, 0.5) is 0 Å². The number of rotatable bonds is 1. The van der Waals surface area contributed by atoms with Crippen molar-refractivity contribution in [1.82, 2.24) is 4.90 Å². The molecule has 2 N–H and O–H groups in total. The van der Waals surface area contributed by atoms with Crippen molar-refractivity contribution in [1.29, 1.82) is 0 Å². The Kier molecular flexibility index (Phi) is 3.31. The number of nitrogens with two attached hydrogens (primary N) is 1. The number of carbonyl (C=O) groups is 1. The maximum Gasteiger partial charge on any atom is 0.226 e. The van der Waals surface area contributed by atoms with Gasteiger partial charge < -0.3 is 10.6 Å². The van der Waals surface area contributed by atoms with E-state index in [4.69, 9.17) is 5.73 Å². The molecule has 0 spiro atoms. The van der Waals surface area contributed by atoms with E-state index < -0.39 is 0 Å². The summed E-state index contributed by atoms with van der Waals surface area (Å²) < 4.78 is 0. The zero-order valence-corrected chi connectivity index (χ0v) is 7.00. The Bertz CT molecular complexity index is 201. The Hall–Kier alpha value is -0.990. The molecule has 0 bridgehead atoms. The van der Waals surface area contributed by atoms with Crippen molar-refractivity contribution in [2.24, 2.45) is 17.6 Å². The highest BCUT2D eigenvalue weighted by Crippen LogP contribution is 2.29. The molecule has 0 saturated carbocycles. The molecule has 1 fully saturated rings. The van der Waals surface area contributed by atoms with Crippen molar-refractivity contribution >= 4 is 5.91 Å². The highest BCUT2D eigenvalue weighted by molar-refractivity contribution is 5.80. The minimum atomic E-state index is -0.258. The largest absolute Gasteiger partial charge is 0.377 e. The Labute approximate surface area is 74.2 Å². The second-order valence-corrected chi connectivity index (χ2v) is 3.23. The molecule has 0 aliphatic carbocycles. The van der Waals surface area contributed by atoms with Crippen LogP contribution in [0, 0.1) is 11.8 Å². The third kappa shape index (κ3) is 1.60. The molecular formula is C9H18N2O. The SMILES string of the molecule is C.C=C1C(C(N)=O)C(C)CN1C. The predicted octanol–water partition coefficient (Wildman–Crippen LogP) is 0.819. The maximum atomic E-state index is 10.9. The van der Waals surface area contributed by atoms with E-state index in [1.54, 1.807) is 0 Å². The fraction of sp³-hybridized carbons (Fsp3) is 0.667. The smallest absolute Gasteiger partial charge is 0.226 e. The van der Waals surface area contributed by atoms with Crippen LogP contribution in [0.3, 0.4) is 0 Å². The minimum absolute atomic E-state index is 0. The number of carbonyl (C=O) groups excluding carboxylic acids is 1. The van der Waals surface area contributed by atoms with Crippen molar-refractivity contribution in [2.45, 2.75) is 14.4 Å². The zero-order valence-electron chi connectivity index (χ0n) is 7.00. The zero-order chi connectivity index (χ0) is 8.59. The lowest BCUT2D eigenvalue weighted by Crippen LogP contribution is -2.26. The lowest BCUT2D eigenvalue weighted by atomic mass is 9.96. The summed E-state index contributed by atoms with van der Waals surface area (Å²) in [5, 5.41) is 0. The van der Waals surface area contributed by atoms with E-state index in [9.17, 15) is 4.79 Å². The van der Waals surface area contributed by atoms with Crippen molar-refractivity contribution in [2.75, 3.05) is 13.6 Å². The molecule has 1 amide bonds. The molecule has 3 nitrogen and oxygen atoms in total. The van der Waals surface area contributed by atoms with Gasteiger partial charge in [0.2, 0.25) is 5.91 Å². The van der Waals surface area contributed by atoms with Gasteiger partial charge in [0.05, 0.1) is 5.92 Å². The van der Waals surface area contributed by atoms with Gasteiger partial charge in [-0.25, -0.2) is 0 Å². The van der Waals surface area contributed by atoms with Crippen LogP contribution in [0.5, 0.6) is 0 Å². The fourth-order valence-corrected chi connectivity index (χ4v) is 1.67. The highest BCUT2D eigenvalue weighted by atomic mass is 16.1. The van der Waals surface area contributed by atoms with Gasteiger partial charge in [-0.2, -0.15) is 0 Å². The third-order valence-corrected chi connectivity index (χ3v) is 2.29. The molecule has 12 heavy (non-hydrogen) atoms. The van der Waals surface area contributed by atoms with Gasteiger partial charge in [-0.15, -0.1) is 0 Å². The number of nitrogens with zero attached hydrogens (tertiary/aromatic N) is 1. The Balaban J connectivity index is 0.00000121. The fourth-order valence-electron chi connectivity index (χ4n) is 1.67. The van der Waals surface area contributed by atoms with Crippen LogP contribution in [-0.4, -0.2) is 24.4 Å². The Morgan fingerprint density at radius 1 is 1.75 bits per heavy atom. The lowest BCUT2D eigenvalue weighted by Gasteiger charge is -2.12. The summed E-state index contributed by atoms with van der Waals surface area (Å²) in [6.07, 6.45) is 0. The molecule has 2 atom stereocenters. The van der Waals surface area contributed by atoms with Gasteiger partial charge in [0, 0.05) is 19.3 Å². The summed E-state index contributed by atoms with van der Waals surface area (Å²) in [5.41, 5.74) is 6.07. The average Bonchev–Trinajstić information content (AvgIpc) is 2.07. The molecule has 0 aromatic rings. The van der Waals surface area contributed by atoms with Gasteiger partial charge in [0.15, 0.2) is 0 Å². The van der Waals surface area contributed by atoms with E-state index in [1.807, 2.05) is 18.9 Å². The van der Waals surface area contributed by atoms with Gasteiger partial charge in [-0.3, -0.25) is 4.79 Å². The first kappa shape index (κ1) is 11.0. The first-order valence-corrected chi connectivity index (χ1v) is 3.73. The standard InChI is InChI=1S/C8H14N2O.CH4/c1-5-4-10(3)6(2)7(5)8(9)11;/h5,7H,2,4H2,1,3H3,(H2,9,11);1H4. The third-order valence-electron chi connectivity index (χ3n) is 2.29. The number of likely N-dealkylation sites (tertiary alicyclic amines) is 1. The van der Waals surface area contributed by atoms with Crippen molar-refractivity contribution in [3.8, 4) is 0 Å². The average molecular weight is 170 g/mol. The first-order valence-electron chi connectivity index (χ1n) is 3.73. The molecule has 0 aromatic heterocycles. The van der Waals surface area contributed by atoms with Crippen molar-refractivity contribution in [3.05, 3.63) is 12.3 Å². The molecule has 1 aliphatic rings. The van der Waals surface area contributed by atoms with E-state index in [0.717, 1.165) is 12.2 Å². The van der Waals surface area contributed by atoms with Crippen LogP contribution in [0.2, 0.25) is 0 Å². The molecule has 0 radical (unpaired) electrons. The topological polar surface area (TPSA) is 46.3 Å². The van der Waals surface area contributed by atoms with Gasteiger partial charge >= 0.3 is 0 Å². The van der Waals surface area contributed by atoms with Crippen molar-refractivity contribution < 1.29 is 4.79 Å². The quantitative estimate of drug-likeness (QED) is 0.633. The van der Waals surface area contributed by atoms with E-state index in [2.05, 4.69) is 6.58 Å². The van der Waals surface area contributed by atoms with Crippen molar-refractivity contribution in [3.63, 3.8) is 0 Å².